The van der Waals surface area contributed by atoms with E-state index >= 15 is 0 Å². The lowest BCUT2D eigenvalue weighted by molar-refractivity contribution is 0.0374. The van der Waals surface area contributed by atoms with Gasteiger partial charge in [0.1, 0.15) is 0 Å². The molecule has 0 aliphatic carbocycles. The van der Waals surface area contributed by atoms with Gasteiger partial charge in [0.2, 0.25) is 0 Å². The third-order valence-electron chi connectivity index (χ3n) is 5.02. The first kappa shape index (κ1) is 19.1. The van der Waals surface area contributed by atoms with E-state index in [0.29, 0.717) is 12.1 Å². The van der Waals surface area contributed by atoms with Gasteiger partial charge in [-0.2, -0.15) is 0 Å². The zero-order chi connectivity index (χ0) is 19.3. The molecular formula is C22H25N3O2S. The highest BCUT2D eigenvalue weighted by atomic mass is 32.1. The summed E-state index contributed by atoms with van der Waals surface area (Å²) in [6.45, 7) is 7.26. The number of nitrogens with zero attached hydrogens (tertiary/aromatic N) is 2. The van der Waals surface area contributed by atoms with E-state index < -0.39 is 0 Å². The monoisotopic (exact) mass is 395 g/mol. The number of amides is 1. The molecule has 5 nitrogen and oxygen atoms in total. The van der Waals surface area contributed by atoms with E-state index in [1.165, 1.54) is 0 Å². The Bertz CT molecular complexity index is 950. The van der Waals surface area contributed by atoms with E-state index in [-0.39, 0.29) is 5.91 Å². The number of carbonyl (C=O) groups is 1. The second-order valence-electron chi connectivity index (χ2n) is 7.12. The van der Waals surface area contributed by atoms with Crippen LogP contribution in [0, 0.1) is 6.92 Å². The molecule has 6 heteroatoms. The molecule has 0 spiro atoms. The highest BCUT2D eigenvalue weighted by Crippen LogP contribution is 2.28. The number of aromatic nitrogens is 1. The maximum Gasteiger partial charge on any atom is 0.252 e. The standard InChI is InChI=1S/C22H25N3O2S/c1-16-5-6-19-17(14-16)18(15-20(24-19)21-4-2-13-28-21)22(26)23-7-3-8-25-9-11-27-12-10-25/h2,4-6,13-15H,3,7-12H2,1H3,(H,23,26). The second-order valence-corrected chi connectivity index (χ2v) is 8.06. The van der Waals surface area contributed by atoms with E-state index in [9.17, 15) is 4.79 Å². The summed E-state index contributed by atoms with van der Waals surface area (Å²) in [5.41, 5.74) is 3.53. The van der Waals surface area contributed by atoms with Crippen LogP contribution < -0.4 is 5.32 Å². The van der Waals surface area contributed by atoms with Gasteiger partial charge in [0.15, 0.2) is 0 Å². The molecule has 1 aromatic carbocycles. The van der Waals surface area contributed by atoms with Crippen LogP contribution in [-0.2, 0) is 4.74 Å². The van der Waals surface area contributed by atoms with Crippen LogP contribution in [0.15, 0.2) is 41.8 Å². The van der Waals surface area contributed by atoms with E-state index in [4.69, 9.17) is 9.72 Å². The molecule has 3 aromatic rings. The Morgan fingerprint density at radius 1 is 1.25 bits per heavy atom. The first-order valence-corrected chi connectivity index (χ1v) is 10.6. The molecule has 0 saturated carbocycles. The number of aryl methyl sites for hydroxylation is 1. The van der Waals surface area contributed by atoms with E-state index in [0.717, 1.165) is 66.3 Å². The zero-order valence-corrected chi connectivity index (χ0v) is 16.9. The van der Waals surface area contributed by atoms with Crippen LogP contribution >= 0.6 is 11.3 Å². The fourth-order valence-corrected chi connectivity index (χ4v) is 4.19. The number of pyridine rings is 1. The van der Waals surface area contributed by atoms with Gasteiger partial charge < -0.3 is 10.1 Å². The predicted octanol–water partition coefficient (Wildman–Crippen LogP) is 3.72. The van der Waals surface area contributed by atoms with Crippen LogP contribution in [0.25, 0.3) is 21.5 Å². The van der Waals surface area contributed by atoms with Crippen molar-refractivity contribution in [1.82, 2.24) is 15.2 Å². The Morgan fingerprint density at radius 2 is 2.11 bits per heavy atom. The molecule has 28 heavy (non-hydrogen) atoms. The average Bonchev–Trinajstić information content (AvgIpc) is 3.26. The number of ether oxygens (including phenoxy) is 1. The van der Waals surface area contributed by atoms with Crippen LogP contribution in [-0.4, -0.2) is 55.2 Å². The topological polar surface area (TPSA) is 54.5 Å². The number of rotatable bonds is 6. The van der Waals surface area contributed by atoms with Crippen LogP contribution in [0.2, 0.25) is 0 Å². The lowest BCUT2D eigenvalue weighted by atomic mass is 10.0. The van der Waals surface area contributed by atoms with Crippen molar-refractivity contribution in [3.05, 3.63) is 52.9 Å². The molecular weight excluding hydrogens is 370 g/mol. The molecule has 4 rings (SSSR count). The highest BCUT2D eigenvalue weighted by Gasteiger charge is 2.15. The number of morpholine rings is 1. The third-order valence-corrected chi connectivity index (χ3v) is 5.92. The summed E-state index contributed by atoms with van der Waals surface area (Å²) in [6, 6.07) is 12.0. The predicted molar refractivity (Wildman–Crippen MR) is 114 cm³/mol. The van der Waals surface area contributed by atoms with Gasteiger partial charge in [-0.3, -0.25) is 9.69 Å². The van der Waals surface area contributed by atoms with E-state index in [2.05, 4.69) is 10.2 Å². The Kier molecular flexibility index (Phi) is 6.00. The number of carbonyl (C=O) groups excluding carboxylic acids is 1. The highest BCUT2D eigenvalue weighted by molar-refractivity contribution is 7.13. The maximum atomic E-state index is 13.0. The molecule has 1 saturated heterocycles. The van der Waals surface area contributed by atoms with Crippen molar-refractivity contribution >= 4 is 28.1 Å². The molecule has 1 amide bonds. The van der Waals surface area contributed by atoms with Crippen molar-refractivity contribution in [2.75, 3.05) is 39.4 Å². The minimum absolute atomic E-state index is 0.0298. The number of benzene rings is 1. The van der Waals surface area contributed by atoms with Gasteiger partial charge in [-0.1, -0.05) is 17.7 Å². The SMILES string of the molecule is Cc1ccc2nc(-c3cccs3)cc(C(=O)NCCCN3CCOCC3)c2c1. The van der Waals surface area contributed by atoms with E-state index in [1.807, 2.05) is 48.7 Å². The fourth-order valence-electron chi connectivity index (χ4n) is 3.50. The van der Waals surface area contributed by atoms with E-state index in [1.54, 1.807) is 11.3 Å². The average molecular weight is 396 g/mol. The summed E-state index contributed by atoms with van der Waals surface area (Å²) in [6.07, 6.45) is 0.936. The number of nitrogens with one attached hydrogen (secondary N) is 1. The molecule has 1 aliphatic rings. The van der Waals surface area contributed by atoms with Crippen molar-refractivity contribution in [1.29, 1.82) is 0 Å². The molecule has 0 unspecified atom stereocenters. The van der Waals surface area contributed by atoms with Crippen LogP contribution in [0.4, 0.5) is 0 Å². The molecule has 1 aliphatic heterocycles. The molecule has 1 N–H and O–H groups in total. The summed E-state index contributed by atoms with van der Waals surface area (Å²) in [5, 5.41) is 6.04. The van der Waals surface area contributed by atoms with Crippen LogP contribution in [0.3, 0.4) is 0 Å². The fraction of sp³-hybridized carbons (Fsp3) is 0.364. The maximum absolute atomic E-state index is 13.0. The minimum Gasteiger partial charge on any atom is -0.379 e. The lowest BCUT2D eigenvalue weighted by Gasteiger charge is -2.26. The molecule has 0 atom stereocenters. The van der Waals surface area contributed by atoms with Crippen molar-refractivity contribution < 1.29 is 9.53 Å². The number of hydrogen-bond acceptors (Lipinski definition) is 5. The number of fused-ring (bicyclic) bond motifs is 1. The first-order valence-electron chi connectivity index (χ1n) is 9.74. The number of hydrogen-bond donors (Lipinski definition) is 1. The first-order chi connectivity index (χ1) is 13.7. The van der Waals surface area contributed by atoms with Gasteiger partial charge in [0.05, 0.1) is 34.9 Å². The normalized spacial score (nSPS) is 15.0. The number of thiophene rings is 1. The smallest absolute Gasteiger partial charge is 0.252 e. The second kappa shape index (κ2) is 8.82. The lowest BCUT2D eigenvalue weighted by Crippen LogP contribution is -2.38. The summed E-state index contributed by atoms with van der Waals surface area (Å²) < 4.78 is 5.38. The summed E-state index contributed by atoms with van der Waals surface area (Å²) in [5.74, 6) is -0.0298. The summed E-state index contributed by atoms with van der Waals surface area (Å²) >= 11 is 1.64. The zero-order valence-electron chi connectivity index (χ0n) is 16.1. The Hall–Kier alpha value is -2.28. The summed E-state index contributed by atoms with van der Waals surface area (Å²) in [4.78, 5) is 21.2. The molecule has 146 valence electrons. The largest absolute Gasteiger partial charge is 0.379 e. The Labute approximate surface area is 169 Å². The van der Waals surface area contributed by atoms with Crippen molar-refractivity contribution in [3.63, 3.8) is 0 Å². The van der Waals surface area contributed by atoms with Crippen LogP contribution in [0.1, 0.15) is 22.3 Å². The third kappa shape index (κ3) is 4.41. The van der Waals surface area contributed by atoms with Gasteiger partial charge >= 0.3 is 0 Å². The van der Waals surface area contributed by atoms with Gasteiger partial charge in [0.25, 0.3) is 5.91 Å². The minimum atomic E-state index is -0.0298. The molecule has 2 aromatic heterocycles. The van der Waals surface area contributed by atoms with Gasteiger partial charge in [-0.25, -0.2) is 4.98 Å². The van der Waals surface area contributed by atoms with Gasteiger partial charge in [-0.15, -0.1) is 11.3 Å². The molecule has 3 heterocycles. The molecule has 0 radical (unpaired) electrons. The quantitative estimate of drug-likeness (QED) is 0.646. The van der Waals surface area contributed by atoms with Crippen molar-refractivity contribution in [2.24, 2.45) is 0 Å². The van der Waals surface area contributed by atoms with Crippen molar-refractivity contribution in [3.8, 4) is 10.6 Å². The van der Waals surface area contributed by atoms with Crippen molar-refractivity contribution in [2.45, 2.75) is 13.3 Å². The molecule has 1 fully saturated rings. The van der Waals surface area contributed by atoms with Gasteiger partial charge in [-0.05, 0) is 49.5 Å². The van der Waals surface area contributed by atoms with Crippen LogP contribution in [0.5, 0.6) is 0 Å². The Morgan fingerprint density at radius 3 is 2.89 bits per heavy atom. The molecule has 0 bridgehead atoms. The Balaban J connectivity index is 1.50. The summed E-state index contributed by atoms with van der Waals surface area (Å²) in [7, 11) is 0. The van der Waals surface area contributed by atoms with Gasteiger partial charge in [0, 0.05) is 25.0 Å².